The molecule has 0 saturated heterocycles. The van der Waals surface area contributed by atoms with E-state index in [0.29, 0.717) is 16.3 Å². The van der Waals surface area contributed by atoms with Gasteiger partial charge in [-0.15, -0.1) is 11.3 Å². The summed E-state index contributed by atoms with van der Waals surface area (Å²) in [5.41, 5.74) is 3.45. The van der Waals surface area contributed by atoms with Crippen molar-refractivity contribution in [3.05, 3.63) is 69.0 Å². The van der Waals surface area contributed by atoms with Gasteiger partial charge in [-0.05, 0) is 59.6 Å². The highest BCUT2D eigenvalue weighted by atomic mass is 79.9. The quantitative estimate of drug-likeness (QED) is 0.278. The molecule has 1 heterocycles. The van der Waals surface area contributed by atoms with Crippen molar-refractivity contribution in [2.75, 3.05) is 19.0 Å². The second kappa shape index (κ2) is 11.2. The monoisotopic (exact) mass is 571 g/mol. The van der Waals surface area contributed by atoms with E-state index in [0.717, 1.165) is 26.9 Å². The van der Waals surface area contributed by atoms with Crippen LogP contribution in [0.25, 0.3) is 11.1 Å². The zero-order valence-corrected chi connectivity index (χ0v) is 24.4. The lowest BCUT2D eigenvalue weighted by Crippen LogP contribution is -2.24. The Bertz CT molecular complexity index is 1220. The smallest absolute Gasteiger partial charge is 0.341 e. The number of rotatable bonds is 8. The van der Waals surface area contributed by atoms with Gasteiger partial charge in [0.1, 0.15) is 16.3 Å². The van der Waals surface area contributed by atoms with E-state index in [1.54, 1.807) is 0 Å². The molecule has 192 valence electrons. The lowest BCUT2D eigenvalue weighted by atomic mass is 9.72. The molecule has 0 saturated carbocycles. The standard InChI is InChI=1S/C29H34BrNO4S/c1-18-24(19-8-12-21(30)13-9-19)25(27(33)34-7)26(36-18)31-23(32)16-35-22-14-10-20(11-15-22)29(5,6)17-28(2,3)4/h8-15H,16-17H2,1-7H3,(H,31,32). The topological polar surface area (TPSA) is 64.6 Å². The minimum atomic E-state index is -0.498. The van der Waals surface area contributed by atoms with Crippen molar-refractivity contribution in [1.82, 2.24) is 0 Å². The number of methoxy groups -OCH3 is 1. The zero-order chi connectivity index (χ0) is 26.7. The van der Waals surface area contributed by atoms with Gasteiger partial charge in [-0.25, -0.2) is 4.79 Å². The van der Waals surface area contributed by atoms with Gasteiger partial charge in [-0.2, -0.15) is 0 Å². The molecule has 2 aromatic carbocycles. The van der Waals surface area contributed by atoms with E-state index in [2.05, 4.69) is 68.0 Å². The first-order valence-corrected chi connectivity index (χ1v) is 13.4. The summed E-state index contributed by atoms with van der Waals surface area (Å²) in [5.74, 6) is -0.227. The van der Waals surface area contributed by atoms with Crippen LogP contribution >= 0.6 is 27.3 Å². The molecule has 0 aliphatic carbocycles. The van der Waals surface area contributed by atoms with Gasteiger partial charge in [-0.1, -0.05) is 74.8 Å². The van der Waals surface area contributed by atoms with Gasteiger partial charge >= 0.3 is 5.97 Å². The number of thiophene rings is 1. The van der Waals surface area contributed by atoms with Crippen molar-refractivity contribution in [3.8, 4) is 16.9 Å². The van der Waals surface area contributed by atoms with Gasteiger partial charge in [0.25, 0.3) is 5.91 Å². The maximum absolute atomic E-state index is 12.7. The SMILES string of the molecule is COC(=O)c1c(NC(=O)COc2ccc(C(C)(C)CC(C)(C)C)cc2)sc(C)c1-c1ccc(Br)cc1. The minimum Gasteiger partial charge on any atom is -0.484 e. The molecule has 1 N–H and O–H groups in total. The average Bonchev–Trinajstić information content (AvgIpc) is 3.11. The van der Waals surface area contributed by atoms with Gasteiger partial charge in [0.15, 0.2) is 6.61 Å². The number of nitrogens with one attached hydrogen (secondary N) is 1. The second-order valence-corrected chi connectivity index (χ2v) is 12.9. The Kier molecular flexibility index (Phi) is 8.67. The molecule has 3 rings (SSSR count). The van der Waals surface area contributed by atoms with Crippen LogP contribution in [0.1, 0.15) is 61.8 Å². The highest BCUT2D eigenvalue weighted by Gasteiger charge is 2.27. The van der Waals surface area contributed by atoms with Crippen LogP contribution in [0.5, 0.6) is 5.75 Å². The van der Waals surface area contributed by atoms with E-state index in [-0.39, 0.29) is 23.3 Å². The normalized spacial score (nSPS) is 11.8. The van der Waals surface area contributed by atoms with E-state index in [4.69, 9.17) is 9.47 Å². The summed E-state index contributed by atoms with van der Waals surface area (Å²) >= 11 is 4.78. The second-order valence-electron chi connectivity index (χ2n) is 10.7. The number of esters is 1. The summed E-state index contributed by atoms with van der Waals surface area (Å²) in [6.45, 7) is 13.0. The third-order valence-electron chi connectivity index (χ3n) is 5.84. The molecular formula is C29H34BrNO4S. The molecular weight excluding hydrogens is 538 g/mol. The largest absolute Gasteiger partial charge is 0.484 e. The average molecular weight is 573 g/mol. The number of hydrogen-bond acceptors (Lipinski definition) is 5. The number of amides is 1. The minimum absolute atomic E-state index is 0.0298. The predicted octanol–water partition coefficient (Wildman–Crippen LogP) is 8.00. The molecule has 0 aliphatic heterocycles. The van der Waals surface area contributed by atoms with Crippen LogP contribution in [0.2, 0.25) is 0 Å². The molecule has 7 heteroatoms. The van der Waals surface area contributed by atoms with Gasteiger partial charge in [-0.3, -0.25) is 4.79 Å². The zero-order valence-electron chi connectivity index (χ0n) is 22.0. The van der Waals surface area contributed by atoms with E-state index >= 15 is 0 Å². The highest BCUT2D eigenvalue weighted by molar-refractivity contribution is 9.10. The Balaban J connectivity index is 1.72. The van der Waals surface area contributed by atoms with Gasteiger partial charge in [0, 0.05) is 14.9 Å². The Hall–Kier alpha value is -2.64. The summed E-state index contributed by atoms with van der Waals surface area (Å²) in [4.78, 5) is 26.3. The lowest BCUT2D eigenvalue weighted by molar-refractivity contribution is -0.118. The Morgan fingerprint density at radius 2 is 1.58 bits per heavy atom. The fourth-order valence-corrected chi connectivity index (χ4v) is 5.98. The van der Waals surface area contributed by atoms with Crippen LogP contribution in [-0.4, -0.2) is 25.6 Å². The molecule has 3 aromatic rings. The van der Waals surface area contributed by atoms with Gasteiger partial charge in [0.2, 0.25) is 0 Å². The number of aryl methyl sites for hydroxylation is 1. The van der Waals surface area contributed by atoms with Gasteiger partial charge in [0.05, 0.1) is 7.11 Å². The third kappa shape index (κ3) is 6.98. The maximum atomic E-state index is 12.7. The first-order valence-electron chi connectivity index (χ1n) is 11.8. The van der Waals surface area contributed by atoms with Crippen molar-refractivity contribution in [2.24, 2.45) is 5.41 Å². The fourth-order valence-electron chi connectivity index (χ4n) is 4.64. The molecule has 0 atom stereocenters. The highest BCUT2D eigenvalue weighted by Crippen LogP contribution is 2.41. The fraction of sp³-hybridized carbons (Fsp3) is 0.379. The number of benzene rings is 2. The van der Waals surface area contributed by atoms with Crippen molar-refractivity contribution in [3.63, 3.8) is 0 Å². The summed E-state index contributed by atoms with van der Waals surface area (Å²) in [5, 5.41) is 3.29. The number of halogens is 1. The first kappa shape index (κ1) is 27.9. The van der Waals surface area contributed by atoms with E-state index in [9.17, 15) is 9.59 Å². The van der Waals surface area contributed by atoms with Crippen LogP contribution in [0.15, 0.2) is 53.0 Å². The molecule has 1 aromatic heterocycles. The number of carbonyl (C=O) groups is 2. The van der Waals surface area contributed by atoms with E-state index in [1.165, 1.54) is 24.0 Å². The number of anilines is 1. The van der Waals surface area contributed by atoms with Crippen LogP contribution in [0.3, 0.4) is 0 Å². The van der Waals surface area contributed by atoms with Crippen LogP contribution in [0, 0.1) is 12.3 Å². The molecule has 5 nitrogen and oxygen atoms in total. The van der Waals surface area contributed by atoms with Crippen molar-refractivity contribution in [1.29, 1.82) is 0 Å². The number of carbonyl (C=O) groups excluding carboxylic acids is 2. The number of hydrogen-bond donors (Lipinski definition) is 1. The molecule has 1 amide bonds. The summed E-state index contributed by atoms with van der Waals surface area (Å²) in [6, 6.07) is 15.6. The van der Waals surface area contributed by atoms with Crippen molar-refractivity contribution < 1.29 is 19.1 Å². The van der Waals surface area contributed by atoms with Crippen LogP contribution < -0.4 is 10.1 Å². The maximum Gasteiger partial charge on any atom is 0.341 e. The Morgan fingerprint density at radius 1 is 0.972 bits per heavy atom. The molecule has 0 fully saturated rings. The van der Waals surface area contributed by atoms with Crippen LogP contribution in [-0.2, 0) is 14.9 Å². The number of ether oxygens (including phenoxy) is 2. The molecule has 0 unspecified atom stereocenters. The summed E-state index contributed by atoms with van der Waals surface area (Å²) < 4.78 is 11.7. The summed E-state index contributed by atoms with van der Waals surface area (Å²) in [6.07, 6.45) is 1.05. The van der Waals surface area contributed by atoms with Gasteiger partial charge < -0.3 is 14.8 Å². The predicted molar refractivity (Wildman–Crippen MR) is 151 cm³/mol. The van der Waals surface area contributed by atoms with E-state index in [1.807, 2.05) is 43.3 Å². The van der Waals surface area contributed by atoms with E-state index < -0.39 is 5.97 Å². The summed E-state index contributed by atoms with van der Waals surface area (Å²) in [7, 11) is 1.34. The Labute approximate surface area is 226 Å². The molecule has 36 heavy (non-hydrogen) atoms. The third-order valence-corrected chi connectivity index (χ3v) is 7.39. The molecule has 0 bridgehead atoms. The van der Waals surface area contributed by atoms with Crippen LogP contribution in [0.4, 0.5) is 5.00 Å². The molecule has 0 aliphatic rings. The lowest BCUT2D eigenvalue weighted by Gasteiger charge is -2.33. The van der Waals surface area contributed by atoms with Crippen molar-refractivity contribution >= 4 is 44.1 Å². The molecule has 0 spiro atoms. The molecule has 0 radical (unpaired) electrons. The van der Waals surface area contributed by atoms with Crippen molar-refractivity contribution in [2.45, 2.75) is 53.4 Å². The Morgan fingerprint density at radius 3 is 2.14 bits per heavy atom. The first-order chi connectivity index (χ1) is 16.8.